The highest BCUT2D eigenvalue weighted by Gasteiger charge is 2.64. The van der Waals surface area contributed by atoms with E-state index in [2.05, 4.69) is 32.7 Å². The van der Waals surface area contributed by atoms with Crippen molar-refractivity contribution in [3.05, 3.63) is 65.7 Å². The first-order chi connectivity index (χ1) is 15.5. The molecule has 3 aliphatic heterocycles. The standard InChI is InChI=1S/C26H33FN4O/c1-2-31-15-11-26(24(31)32)20-30(18-22-4-3-12-28-16-22)19-25(26)9-13-29(14-10-25)17-21-5-7-23(27)8-6-21/h3-8,12,16H,2,9-11,13-15,17-20H2,1H3/t26-/m0/s1. The highest BCUT2D eigenvalue weighted by Crippen LogP contribution is 2.58. The Morgan fingerprint density at radius 3 is 2.34 bits per heavy atom. The molecule has 2 spiro atoms. The summed E-state index contributed by atoms with van der Waals surface area (Å²) in [7, 11) is 0. The van der Waals surface area contributed by atoms with Gasteiger partial charge < -0.3 is 4.90 Å². The van der Waals surface area contributed by atoms with Gasteiger partial charge in [-0.05, 0) is 68.6 Å². The molecule has 5 rings (SSSR count). The molecule has 3 saturated heterocycles. The molecule has 0 saturated carbocycles. The molecule has 32 heavy (non-hydrogen) atoms. The number of piperidine rings is 1. The van der Waals surface area contributed by atoms with Crippen LogP contribution in [0.5, 0.6) is 0 Å². The summed E-state index contributed by atoms with van der Waals surface area (Å²) in [5, 5.41) is 0. The first kappa shape index (κ1) is 21.5. The van der Waals surface area contributed by atoms with Gasteiger partial charge in [0.15, 0.2) is 0 Å². The van der Waals surface area contributed by atoms with Gasteiger partial charge in [-0.25, -0.2) is 4.39 Å². The van der Waals surface area contributed by atoms with Gasteiger partial charge in [-0.1, -0.05) is 18.2 Å². The second kappa shape index (κ2) is 8.56. The van der Waals surface area contributed by atoms with E-state index in [4.69, 9.17) is 0 Å². The minimum atomic E-state index is -0.257. The van der Waals surface area contributed by atoms with Gasteiger partial charge >= 0.3 is 0 Å². The van der Waals surface area contributed by atoms with E-state index < -0.39 is 0 Å². The van der Waals surface area contributed by atoms with Crippen LogP contribution < -0.4 is 0 Å². The molecule has 170 valence electrons. The van der Waals surface area contributed by atoms with Crippen LogP contribution in [-0.2, 0) is 17.9 Å². The van der Waals surface area contributed by atoms with Crippen LogP contribution in [-0.4, -0.2) is 64.9 Å². The lowest BCUT2D eigenvalue weighted by molar-refractivity contribution is -0.142. The number of hydrogen-bond acceptors (Lipinski definition) is 4. The van der Waals surface area contributed by atoms with Gasteiger partial charge in [-0.2, -0.15) is 0 Å². The second-order valence-corrected chi connectivity index (χ2v) is 9.91. The fourth-order valence-corrected chi connectivity index (χ4v) is 6.45. The van der Waals surface area contributed by atoms with Gasteiger partial charge in [-0.15, -0.1) is 0 Å². The summed E-state index contributed by atoms with van der Waals surface area (Å²) in [6.45, 7) is 9.29. The molecule has 4 heterocycles. The van der Waals surface area contributed by atoms with Crippen molar-refractivity contribution in [3.8, 4) is 0 Å². The van der Waals surface area contributed by atoms with Crippen molar-refractivity contribution in [2.45, 2.75) is 39.3 Å². The third-order valence-electron chi connectivity index (χ3n) is 8.18. The average Bonchev–Trinajstić information content (AvgIpc) is 3.29. The maximum absolute atomic E-state index is 13.7. The maximum Gasteiger partial charge on any atom is 0.230 e. The Labute approximate surface area is 190 Å². The molecule has 0 N–H and O–H groups in total. The number of amides is 1. The monoisotopic (exact) mass is 436 g/mol. The third-order valence-corrected chi connectivity index (χ3v) is 8.18. The molecular formula is C26H33FN4O. The molecule has 0 bridgehead atoms. The van der Waals surface area contributed by atoms with Crippen LogP contribution in [0.2, 0.25) is 0 Å². The Balaban J connectivity index is 1.34. The predicted molar refractivity (Wildman–Crippen MR) is 122 cm³/mol. The van der Waals surface area contributed by atoms with Crippen LogP contribution in [0.4, 0.5) is 4.39 Å². The lowest BCUT2D eigenvalue weighted by Crippen LogP contribution is -2.52. The summed E-state index contributed by atoms with van der Waals surface area (Å²) in [4.78, 5) is 25.0. The van der Waals surface area contributed by atoms with Crippen LogP contribution in [0.15, 0.2) is 48.8 Å². The number of hydrogen-bond donors (Lipinski definition) is 0. The van der Waals surface area contributed by atoms with Gasteiger partial charge in [-0.3, -0.25) is 19.6 Å². The molecular weight excluding hydrogens is 403 g/mol. The van der Waals surface area contributed by atoms with E-state index in [1.807, 2.05) is 30.6 Å². The third kappa shape index (κ3) is 3.73. The Hall–Kier alpha value is -2.31. The molecule has 0 aliphatic carbocycles. The van der Waals surface area contributed by atoms with E-state index in [1.54, 1.807) is 12.1 Å². The largest absolute Gasteiger partial charge is 0.342 e. The topological polar surface area (TPSA) is 39.7 Å². The van der Waals surface area contributed by atoms with Crippen LogP contribution in [0.3, 0.4) is 0 Å². The van der Waals surface area contributed by atoms with Crippen molar-refractivity contribution in [1.82, 2.24) is 19.7 Å². The number of halogens is 1. The van der Waals surface area contributed by atoms with E-state index in [0.717, 1.165) is 77.2 Å². The smallest absolute Gasteiger partial charge is 0.230 e. The van der Waals surface area contributed by atoms with Crippen molar-refractivity contribution < 1.29 is 9.18 Å². The van der Waals surface area contributed by atoms with Gasteiger partial charge in [0.25, 0.3) is 0 Å². The molecule has 6 heteroatoms. The zero-order valence-corrected chi connectivity index (χ0v) is 19.0. The first-order valence-electron chi connectivity index (χ1n) is 11.9. The zero-order chi connectivity index (χ0) is 22.2. The summed E-state index contributed by atoms with van der Waals surface area (Å²) in [5.74, 6) is 0.189. The lowest BCUT2D eigenvalue weighted by atomic mass is 9.60. The first-order valence-corrected chi connectivity index (χ1v) is 11.9. The van der Waals surface area contributed by atoms with Gasteiger partial charge in [0, 0.05) is 57.1 Å². The van der Waals surface area contributed by atoms with E-state index >= 15 is 0 Å². The number of benzene rings is 1. The van der Waals surface area contributed by atoms with Crippen molar-refractivity contribution in [2.24, 2.45) is 10.8 Å². The van der Waals surface area contributed by atoms with Crippen LogP contribution in [0.25, 0.3) is 0 Å². The quantitative estimate of drug-likeness (QED) is 0.719. The number of fused-ring (bicyclic) bond motifs is 1. The van der Waals surface area contributed by atoms with Crippen molar-refractivity contribution in [2.75, 3.05) is 39.3 Å². The van der Waals surface area contributed by atoms with E-state index in [9.17, 15) is 9.18 Å². The molecule has 0 radical (unpaired) electrons. The Morgan fingerprint density at radius 1 is 0.938 bits per heavy atom. The molecule has 2 aromatic rings. The number of carbonyl (C=O) groups is 1. The molecule has 3 aliphatic rings. The van der Waals surface area contributed by atoms with Gasteiger partial charge in [0.05, 0.1) is 5.41 Å². The fourth-order valence-electron chi connectivity index (χ4n) is 6.45. The molecule has 3 fully saturated rings. The Kier molecular flexibility index (Phi) is 5.76. The molecule has 0 unspecified atom stereocenters. The number of aromatic nitrogens is 1. The summed E-state index contributed by atoms with van der Waals surface area (Å²) in [6, 6.07) is 11.0. The molecule has 1 atom stereocenters. The highest BCUT2D eigenvalue weighted by molar-refractivity contribution is 5.86. The van der Waals surface area contributed by atoms with Crippen molar-refractivity contribution in [1.29, 1.82) is 0 Å². The average molecular weight is 437 g/mol. The second-order valence-electron chi connectivity index (χ2n) is 9.91. The van der Waals surface area contributed by atoms with Crippen LogP contribution >= 0.6 is 0 Å². The highest BCUT2D eigenvalue weighted by atomic mass is 19.1. The minimum Gasteiger partial charge on any atom is -0.342 e. The van der Waals surface area contributed by atoms with Gasteiger partial charge in [0.2, 0.25) is 5.91 Å². The fraction of sp³-hybridized carbons (Fsp3) is 0.538. The summed E-state index contributed by atoms with van der Waals surface area (Å²) >= 11 is 0. The SMILES string of the molecule is CCN1CC[C@]2(CN(Cc3cccnc3)CC23CCN(Cc2ccc(F)cc2)CC3)C1=O. The molecule has 1 aromatic heterocycles. The van der Waals surface area contributed by atoms with Gasteiger partial charge in [0.1, 0.15) is 5.82 Å². The summed E-state index contributed by atoms with van der Waals surface area (Å²) in [5.41, 5.74) is 2.14. The van der Waals surface area contributed by atoms with Crippen LogP contribution in [0, 0.1) is 16.6 Å². The van der Waals surface area contributed by atoms with E-state index in [1.165, 1.54) is 5.56 Å². The number of carbonyl (C=O) groups excluding carboxylic acids is 1. The van der Waals surface area contributed by atoms with E-state index in [0.29, 0.717) is 5.91 Å². The summed E-state index contributed by atoms with van der Waals surface area (Å²) in [6.07, 6.45) is 6.81. The number of likely N-dealkylation sites (tertiary alicyclic amines) is 3. The molecule has 5 nitrogen and oxygen atoms in total. The molecule has 1 amide bonds. The molecule has 1 aromatic carbocycles. The minimum absolute atomic E-state index is 0.0372. The van der Waals surface area contributed by atoms with E-state index in [-0.39, 0.29) is 16.6 Å². The normalized spacial score (nSPS) is 25.9. The lowest BCUT2D eigenvalue weighted by Gasteiger charge is -2.47. The summed E-state index contributed by atoms with van der Waals surface area (Å²) < 4.78 is 13.3. The predicted octanol–water partition coefficient (Wildman–Crippen LogP) is 3.56. The zero-order valence-electron chi connectivity index (χ0n) is 19.0. The van der Waals surface area contributed by atoms with Crippen LogP contribution in [0.1, 0.15) is 37.3 Å². The van der Waals surface area contributed by atoms with Crippen molar-refractivity contribution in [3.63, 3.8) is 0 Å². The number of pyridine rings is 1. The Bertz CT molecular complexity index is 942. The Morgan fingerprint density at radius 2 is 1.69 bits per heavy atom. The number of nitrogens with zero attached hydrogens (tertiary/aromatic N) is 4. The maximum atomic E-state index is 13.7. The van der Waals surface area contributed by atoms with Crippen molar-refractivity contribution >= 4 is 5.91 Å². The number of rotatable bonds is 5.